The number of rotatable bonds is 4. The van der Waals surface area contributed by atoms with Crippen LogP contribution in [0.2, 0.25) is 0 Å². The highest BCUT2D eigenvalue weighted by atomic mass is 79.9. The predicted molar refractivity (Wildman–Crippen MR) is 120 cm³/mol. The van der Waals surface area contributed by atoms with Crippen molar-refractivity contribution in [3.63, 3.8) is 0 Å². The van der Waals surface area contributed by atoms with Crippen LogP contribution in [-0.4, -0.2) is 21.1 Å². The minimum Gasteiger partial charge on any atom is -0.325 e. The Morgan fingerprint density at radius 3 is 2.89 bits per heavy atom. The highest BCUT2D eigenvalue weighted by Gasteiger charge is 2.24. The van der Waals surface area contributed by atoms with Crippen LogP contribution in [0.3, 0.4) is 0 Å². The Hall–Kier alpha value is -1.64. The summed E-state index contributed by atoms with van der Waals surface area (Å²) < 4.78 is 0.955. The lowest BCUT2D eigenvalue weighted by Gasteiger charge is -2.17. The average molecular weight is 478 g/mol. The van der Waals surface area contributed by atoms with E-state index in [1.165, 1.54) is 22.2 Å². The Bertz CT molecular complexity index is 1090. The zero-order valence-electron chi connectivity index (χ0n) is 15.5. The molecule has 8 heteroatoms. The second-order valence-corrected chi connectivity index (χ2v) is 10.5. The number of thiophene rings is 1. The quantitative estimate of drug-likeness (QED) is 0.409. The van der Waals surface area contributed by atoms with Crippen LogP contribution < -0.4 is 10.9 Å². The Balaban J connectivity index is 1.53. The number of carbonyl (C=O) groups excluding carboxylic acids is 1. The van der Waals surface area contributed by atoms with Crippen molar-refractivity contribution in [1.82, 2.24) is 9.97 Å². The molecule has 0 bridgehead atoms. The van der Waals surface area contributed by atoms with E-state index in [4.69, 9.17) is 0 Å². The van der Waals surface area contributed by atoms with Gasteiger partial charge in [-0.05, 0) is 61.9 Å². The van der Waals surface area contributed by atoms with Gasteiger partial charge in [0, 0.05) is 15.0 Å². The normalized spacial score (nSPS) is 17.3. The Labute approximate surface area is 179 Å². The molecule has 0 saturated carbocycles. The van der Waals surface area contributed by atoms with Gasteiger partial charge in [0.2, 0.25) is 5.91 Å². The van der Waals surface area contributed by atoms with E-state index in [1.807, 2.05) is 31.2 Å². The molecule has 2 aromatic heterocycles. The fourth-order valence-corrected chi connectivity index (χ4v) is 5.89. The first kappa shape index (κ1) is 19.7. The number of aryl methyl sites for hydroxylation is 1. The maximum Gasteiger partial charge on any atom is 0.260 e. The average Bonchev–Trinajstić information content (AvgIpc) is 3.01. The van der Waals surface area contributed by atoms with Crippen molar-refractivity contribution >= 4 is 60.8 Å². The molecule has 146 valence electrons. The molecule has 0 spiro atoms. The second kappa shape index (κ2) is 8.00. The highest BCUT2D eigenvalue weighted by molar-refractivity contribution is 9.10. The maximum atomic E-state index is 12.7. The molecule has 1 aliphatic carbocycles. The number of anilines is 1. The van der Waals surface area contributed by atoms with Crippen molar-refractivity contribution in [3.8, 4) is 0 Å². The number of aromatic amines is 1. The third-order valence-electron chi connectivity index (χ3n) is 4.91. The standard InChI is InChI=1S/C20H20BrN3O2S2/c1-10-3-8-14-15(9-10)28-19-16(14)18(26)23-20(24-19)27-11(2)17(25)22-13-6-4-12(21)5-7-13/h4-7,10-11H,3,8-9H2,1-2H3,(H,22,25)(H,23,24,26). The van der Waals surface area contributed by atoms with Crippen LogP contribution in [0.5, 0.6) is 0 Å². The molecule has 4 rings (SSSR count). The van der Waals surface area contributed by atoms with E-state index in [1.54, 1.807) is 11.3 Å². The van der Waals surface area contributed by atoms with Crippen molar-refractivity contribution in [1.29, 1.82) is 0 Å². The van der Waals surface area contributed by atoms with Gasteiger partial charge in [-0.2, -0.15) is 0 Å². The minimum absolute atomic E-state index is 0.0972. The van der Waals surface area contributed by atoms with E-state index >= 15 is 0 Å². The molecule has 0 fully saturated rings. The first-order valence-electron chi connectivity index (χ1n) is 9.18. The third-order valence-corrected chi connectivity index (χ3v) is 7.57. The van der Waals surface area contributed by atoms with Gasteiger partial charge in [0.05, 0.1) is 10.6 Å². The first-order valence-corrected chi connectivity index (χ1v) is 11.7. The van der Waals surface area contributed by atoms with Crippen LogP contribution in [0.25, 0.3) is 10.2 Å². The number of amides is 1. The summed E-state index contributed by atoms with van der Waals surface area (Å²) in [5.74, 6) is 0.519. The molecule has 2 N–H and O–H groups in total. The minimum atomic E-state index is -0.390. The number of halogens is 1. The molecular weight excluding hydrogens is 458 g/mol. The molecule has 1 amide bonds. The molecule has 28 heavy (non-hydrogen) atoms. The number of benzene rings is 1. The van der Waals surface area contributed by atoms with Gasteiger partial charge in [-0.15, -0.1) is 11.3 Å². The number of thioether (sulfide) groups is 1. The van der Waals surface area contributed by atoms with Crippen LogP contribution in [0, 0.1) is 5.92 Å². The van der Waals surface area contributed by atoms with Crippen molar-refractivity contribution in [3.05, 3.63) is 49.5 Å². The van der Waals surface area contributed by atoms with Gasteiger partial charge in [0.1, 0.15) is 4.83 Å². The Morgan fingerprint density at radius 2 is 2.14 bits per heavy atom. The topological polar surface area (TPSA) is 74.8 Å². The van der Waals surface area contributed by atoms with E-state index < -0.39 is 0 Å². The zero-order valence-corrected chi connectivity index (χ0v) is 18.8. The van der Waals surface area contributed by atoms with Crippen molar-refractivity contribution in [2.45, 2.75) is 43.5 Å². The van der Waals surface area contributed by atoms with Crippen LogP contribution >= 0.6 is 39.0 Å². The molecule has 1 aliphatic rings. The highest BCUT2D eigenvalue weighted by Crippen LogP contribution is 2.36. The van der Waals surface area contributed by atoms with Crippen LogP contribution in [0.1, 0.15) is 30.7 Å². The smallest absolute Gasteiger partial charge is 0.260 e. The summed E-state index contributed by atoms with van der Waals surface area (Å²) in [7, 11) is 0. The number of fused-ring (bicyclic) bond motifs is 3. The molecule has 0 aliphatic heterocycles. The SMILES string of the molecule is CC1CCc2c(sc3nc(SC(C)C(=O)Nc4ccc(Br)cc4)[nH]c(=O)c23)C1. The predicted octanol–water partition coefficient (Wildman–Crippen LogP) is 4.99. The monoisotopic (exact) mass is 477 g/mol. The first-order chi connectivity index (χ1) is 13.4. The molecule has 2 heterocycles. The van der Waals surface area contributed by atoms with E-state index in [9.17, 15) is 9.59 Å². The van der Waals surface area contributed by atoms with Crippen molar-refractivity contribution in [2.75, 3.05) is 5.32 Å². The molecule has 5 nitrogen and oxygen atoms in total. The van der Waals surface area contributed by atoms with Gasteiger partial charge in [-0.1, -0.05) is 34.6 Å². The van der Waals surface area contributed by atoms with Crippen LogP contribution in [0.4, 0.5) is 5.69 Å². The van der Waals surface area contributed by atoms with E-state index in [0.29, 0.717) is 11.1 Å². The fraction of sp³-hybridized carbons (Fsp3) is 0.350. The Morgan fingerprint density at radius 1 is 1.39 bits per heavy atom. The zero-order chi connectivity index (χ0) is 19.8. The summed E-state index contributed by atoms with van der Waals surface area (Å²) in [6.07, 6.45) is 3.08. The van der Waals surface area contributed by atoms with E-state index in [0.717, 1.165) is 39.6 Å². The summed E-state index contributed by atoms with van der Waals surface area (Å²) in [6, 6.07) is 7.42. The Kier molecular flexibility index (Phi) is 5.62. The van der Waals surface area contributed by atoms with Gasteiger partial charge in [-0.3, -0.25) is 9.59 Å². The number of nitrogens with one attached hydrogen (secondary N) is 2. The summed E-state index contributed by atoms with van der Waals surface area (Å²) in [6.45, 7) is 4.06. The molecular formula is C20H20BrN3O2S2. The summed E-state index contributed by atoms with van der Waals surface area (Å²) in [5.41, 5.74) is 1.81. The van der Waals surface area contributed by atoms with E-state index in [-0.39, 0.29) is 16.7 Å². The van der Waals surface area contributed by atoms with Crippen molar-refractivity contribution in [2.24, 2.45) is 5.92 Å². The van der Waals surface area contributed by atoms with Gasteiger partial charge in [0.15, 0.2) is 5.16 Å². The third kappa shape index (κ3) is 4.04. The fourth-order valence-electron chi connectivity index (χ4n) is 3.38. The summed E-state index contributed by atoms with van der Waals surface area (Å²) >= 11 is 6.27. The largest absolute Gasteiger partial charge is 0.325 e. The molecule has 0 saturated heterocycles. The van der Waals surface area contributed by atoms with Crippen LogP contribution in [0.15, 0.2) is 38.7 Å². The number of hydrogen-bond donors (Lipinski definition) is 2. The summed E-state index contributed by atoms with van der Waals surface area (Å²) in [4.78, 5) is 34.8. The van der Waals surface area contributed by atoms with E-state index in [2.05, 4.69) is 38.1 Å². The number of hydrogen-bond acceptors (Lipinski definition) is 5. The lowest BCUT2D eigenvalue weighted by atomic mass is 9.89. The summed E-state index contributed by atoms with van der Waals surface area (Å²) in [5, 5.41) is 3.73. The van der Waals surface area contributed by atoms with Gasteiger partial charge in [0.25, 0.3) is 5.56 Å². The molecule has 3 aromatic rings. The number of aromatic nitrogens is 2. The van der Waals surface area contributed by atoms with Gasteiger partial charge in [-0.25, -0.2) is 4.98 Å². The molecule has 2 unspecified atom stereocenters. The lowest BCUT2D eigenvalue weighted by molar-refractivity contribution is -0.115. The number of carbonyl (C=O) groups is 1. The van der Waals surface area contributed by atoms with Crippen LogP contribution in [-0.2, 0) is 17.6 Å². The maximum absolute atomic E-state index is 12.7. The lowest BCUT2D eigenvalue weighted by Crippen LogP contribution is -2.23. The number of H-pyrrole nitrogens is 1. The number of nitrogens with zero attached hydrogens (tertiary/aromatic N) is 1. The molecule has 0 radical (unpaired) electrons. The van der Waals surface area contributed by atoms with Gasteiger partial charge >= 0.3 is 0 Å². The second-order valence-electron chi connectivity index (χ2n) is 7.16. The molecule has 1 aromatic carbocycles. The van der Waals surface area contributed by atoms with Gasteiger partial charge < -0.3 is 10.3 Å². The van der Waals surface area contributed by atoms with Crippen molar-refractivity contribution < 1.29 is 4.79 Å². The molecule has 2 atom stereocenters.